The number of hydrogen-bond acceptors (Lipinski definition) is 5. The maximum atomic E-state index is 11.8. The minimum absolute atomic E-state index is 0.0984. The fourth-order valence-electron chi connectivity index (χ4n) is 1.66. The van der Waals surface area contributed by atoms with E-state index in [-0.39, 0.29) is 18.6 Å². The Kier molecular flexibility index (Phi) is 4.54. The first-order chi connectivity index (χ1) is 9.70. The van der Waals surface area contributed by atoms with Gasteiger partial charge in [-0.3, -0.25) is 9.89 Å². The van der Waals surface area contributed by atoms with E-state index in [1.54, 1.807) is 19.2 Å². The van der Waals surface area contributed by atoms with E-state index < -0.39 is 0 Å². The lowest BCUT2D eigenvalue weighted by Crippen LogP contribution is -2.31. The van der Waals surface area contributed by atoms with Gasteiger partial charge in [0.25, 0.3) is 5.91 Å². The number of hydrogen-bond donors (Lipinski definition) is 2. The van der Waals surface area contributed by atoms with Crippen LogP contribution in [0.25, 0.3) is 0 Å². The standard InChI is InChI=1S/C13H16N4O3/c1-9(13-14-8-15-17-13)16-12(18)7-20-11-6-4-3-5-10(11)19-2/h3-6,8-9H,7H2,1-2H3,(H,16,18)(H,14,15,17). The molecule has 1 atom stereocenters. The van der Waals surface area contributed by atoms with Crippen molar-refractivity contribution in [2.24, 2.45) is 0 Å². The molecule has 7 nitrogen and oxygen atoms in total. The first kappa shape index (κ1) is 13.9. The molecular weight excluding hydrogens is 260 g/mol. The Morgan fingerprint density at radius 2 is 2.15 bits per heavy atom. The van der Waals surface area contributed by atoms with Crippen LogP contribution in [0.1, 0.15) is 18.8 Å². The maximum absolute atomic E-state index is 11.8. The monoisotopic (exact) mass is 276 g/mol. The Balaban J connectivity index is 1.86. The van der Waals surface area contributed by atoms with Crippen LogP contribution in [-0.2, 0) is 4.79 Å². The van der Waals surface area contributed by atoms with Crippen molar-refractivity contribution in [2.75, 3.05) is 13.7 Å². The highest BCUT2D eigenvalue weighted by atomic mass is 16.5. The van der Waals surface area contributed by atoms with Crippen LogP contribution in [0.3, 0.4) is 0 Å². The van der Waals surface area contributed by atoms with Crippen molar-refractivity contribution in [2.45, 2.75) is 13.0 Å². The summed E-state index contributed by atoms with van der Waals surface area (Å²) in [6.07, 6.45) is 1.39. The molecule has 1 aromatic carbocycles. The van der Waals surface area contributed by atoms with Crippen LogP contribution in [-0.4, -0.2) is 34.8 Å². The summed E-state index contributed by atoms with van der Waals surface area (Å²) >= 11 is 0. The molecule has 2 N–H and O–H groups in total. The third kappa shape index (κ3) is 3.47. The number of ether oxygens (including phenoxy) is 2. The van der Waals surface area contributed by atoms with Crippen LogP contribution >= 0.6 is 0 Å². The van der Waals surface area contributed by atoms with Crippen LogP contribution in [0, 0.1) is 0 Å². The van der Waals surface area contributed by atoms with Crippen molar-refractivity contribution in [1.82, 2.24) is 20.5 Å². The summed E-state index contributed by atoms with van der Waals surface area (Å²) in [4.78, 5) is 15.8. The number of H-pyrrole nitrogens is 1. The van der Waals surface area contributed by atoms with Gasteiger partial charge in [0, 0.05) is 0 Å². The molecular formula is C13H16N4O3. The average Bonchev–Trinajstić information content (AvgIpc) is 2.99. The van der Waals surface area contributed by atoms with E-state index in [4.69, 9.17) is 9.47 Å². The summed E-state index contributed by atoms with van der Waals surface area (Å²) in [5, 5.41) is 9.18. The average molecular weight is 276 g/mol. The Labute approximate surface area is 116 Å². The molecule has 0 aliphatic rings. The van der Waals surface area contributed by atoms with Gasteiger partial charge < -0.3 is 14.8 Å². The van der Waals surface area contributed by atoms with Crippen molar-refractivity contribution in [3.63, 3.8) is 0 Å². The second kappa shape index (κ2) is 6.55. The lowest BCUT2D eigenvalue weighted by atomic mass is 10.3. The molecule has 0 radical (unpaired) electrons. The summed E-state index contributed by atoms with van der Waals surface area (Å²) in [6, 6.07) is 6.90. The molecule has 0 spiro atoms. The van der Waals surface area contributed by atoms with E-state index in [1.807, 2.05) is 19.1 Å². The second-order valence-electron chi connectivity index (χ2n) is 4.10. The topological polar surface area (TPSA) is 89.1 Å². The van der Waals surface area contributed by atoms with Crippen molar-refractivity contribution >= 4 is 5.91 Å². The summed E-state index contributed by atoms with van der Waals surface area (Å²) in [5.41, 5.74) is 0. The SMILES string of the molecule is COc1ccccc1OCC(=O)NC(C)c1ncn[nH]1. The Bertz CT molecular complexity index is 557. The molecule has 20 heavy (non-hydrogen) atoms. The Morgan fingerprint density at radius 3 is 2.80 bits per heavy atom. The Morgan fingerprint density at radius 1 is 1.40 bits per heavy atom. The summed E-state index contributed by atoms with van der Waals surface area (Å²) in [7, 11) is 1.55. The minimum Gasteiger partial charge on any atom is -0.493 e. The Hall–Kier alpha value is -2.57. The molecule has 106 valence electrons. The quantitative estimate of drug-likeness (QED) is 0.823. The van der Waals surface area contributed by atoms with E-state index in [0.29, 0.717) is 17.3 Å². The van der Waals surface area contributed by atoms with E-state index >= 15 is 0 Å². The maximum Gasteiger partial charge on any atom is 0.258 e. The highest BCUT2D eigenvalue weighted by Gasteiger charge is 2.13. The number of amides is 1. The van der Waals surface area contributed by atoms with Crippen LogP contribution in [0.15, 0.2) is 30.6 Å². The highest BCUT2D eigenvalue weighted by molar-refractivity contribution is 5.77. The van der Waals surface area contributed by atoms with Gasteiger partial charge in [-0.1, -0.05) is 12.1 Å². The van der Waals surface area contributed by atoms with Crippen LogP contribution in [0.5, 0.6) is 11.5 Å². The lowest BCUT2D eigenvalue weighted by molar-refractivity contribution is -0.123. The van der Waals surface area contributed by atoms with Gasteiger partial charge in [0.15, 0.2) is 18.1 Å². The van der Waals surface area contributed by atoms with Crippen LogP contribution < -0.4 is 14.8 Å². The normalized spacial score (nSPS) is 11.7. The van der Waals surface area contributed by atoms with Gasteiger partial charge >= 0.3 is 0 Å². The van der Waals surface area contributed by atoms with Gasteiger partial charge in [0.05, 0.1) is 13.2 Å². The third-order valence-electron chi connectivity index (χ3n) is 2.65. The predicted octanol–water partition coefficient (Wildman–Crippen LogP) is 1.07. The lowest BCUT2D eigenvalue weighted by Gasteiger charge is -2.13. The van der Waals surface area contributed by atoms with Gasteiger partial charge in [-0.25, -0.2) is 4.98 Å². The molecule has 1 heterocycles. The smallest absolute Gasteiger partial charge is 0.258 e. The zero-order valence-electron chi connectivity index (χ0n) is 11.3. The molecule has 2 aromatic rings. The van der Waals surface area contributed by atoms with E-state index in [2.05, 4.69) is 20.5 Å². The number of benzene rings is 1. The molecule has 1 amide bonds. The van der Waals surface area contributed by atoms with Crippen molar-refractivity contribution in [3.8, 4) is 11.5 Å². The van der Waals surface area contributed by atoms with Crippen LogP contribution in [0.2, 0.25) is 0 Å². The first-order valence-electron chi connectivity index (χ1n) is 6.11. The summed E-state index contributed by atoms with van der Waals surface area (Å²) in [5.74, 6) is 1.46. The zero-order chi connectivity index (χ0) is 14.4. The molecule has 0 aliphatic carbocycles. The van der Waals surface area contributed by atoms with E-state index in [9.17, 15) is 4.79 Å². The number of nitrogens with zero attached hydrogens (tertiary/aromatic N) is 2. The molecule has 0 bridgehead atoms. The van der Waals surface area contributed by atoms with Crippen molar-refractivity contribution in [1.29, 1.82) is 0 Å². The molecule has 0 saturated carbocycles. The third-order valence-corrected chi connectivity index (χ3v) is 2.65. The zero-order valence-corrected chi connectivity index (χ0v) is 11.3. The summed E-state index contributed by atoms with van der Waals surface area (Å²) < 4.78 is 10.6. The number of methoxy groups -OCH3 is 1. The minimum atomic E-state index is -0.258. The largest absolute Gasteiger partial charge is 0.493 e. The van der Waals surface area contributed by atoms with E-state index in [1.165, 1.54) is 6.33 Å². The predicted molar refractivity (Wildman–Crippen MR) is 71.4 cm³/mol. The number of aromatic nitrogens is 3. The fourth-order valence-corrected chi connectivity index (χ4v) is 1.66. The number of aromatic amines is 1. The fraction of sp³-hybridized carbons (Fsp3) is 0.308. The molecule has 0 saturated heterocycles. The van der Waals surface area contributed by atoms with Crippen LogP contribution in [0.4, 0.5) is 0 Å². The first-order valence-corrected chi connectivity index (χ1v) is 6.11. The molecule has 0 fully saturated rings. The number of carbonyl (C=O) groups is 1. The molecule has 7 heteroatoms. The number of para-hydroxylation sites is 2. The molecule has 2 rings (SSSR count). The van der Waals surface area contributed by atoms with Gasteiger partial charge in [-0.2, -0.15) is 5.10 Å². The molecule has 1 unspecified atom stereocenters. The van der Waals surface area contributed by atoms with Gasteiger partial charge in [-0.05, 0) is 19.1 Å². The van der Waals surface area contributed by atoms with Gasteiger partial charge in [0.1, 0.15) is 12.2 Å². The number of rotatable bonds is 6. The van der Waals surface area contributed by atoms with Crippen molar-refractivity contribution < 1.29 is 14.3 Å². The van der Waals surface area contributed by atoms with Gasteiger partial charge in [0.2, 0.25) is 0 Å². The van der Waals surface area contributed by atoms with Crippen molar-refractivity contribution in [3.05, 3.63) is 36.4 Å². The molecule has 0 aliphatic heterocycles. The number of carbonyl (C=O) groups excluding carboxylic acids is 1. The van der Waals surface area contributed by atoms with E-state index in [0.717, 1.165) is 0 Å². The van der Waals surface area contributed by atoms with Gasteiger partial charge in [-0.15, -0.1) is 0 Å². The second-order valence-corrected chi connectivity index (χ2v) is 4.10. The highest BCUT2D eigenvalue weighted by Crippen LogP contribution is 2.25. The summed E-state index contributed by atoms with van der Waals surface area (Å²) in [6.45, 7) is 1.71. The number of nitrogens with one attached hydrogen (secondary N) is 2. The molecule has 1 aromatic heterocycles.